The molecule has 0 saturated carbocycles. The normalized spacial score (nSPS) is 12.0. The van der Waals surface area contributed by atoms with E-state index in [4.69, 9.17) is 0 Å². The number of rotatable bonds is 8. The molecule has 0 spiro atoms. The van der Waals surface area contributed by atoms with Gasteiger partial charge in [-0.25, -0.2) is 0 Å². The van der Waals surface area contributed by atoms with Crippen molar-refractivity contribution < 1.29 is 0 Å². The molecule has 0 N–H and O–H groups in total. The molecule has 0 heterocycles. The molecule has 2 heteroatoms. The minimum absolute atomic E-state index is 0.288. The molecular weight excluding hydrogens is 773 g/mol. The van der Waals surface area contributed by atoms with Crippen molar-refractivity contribution in [1.82, 2.24) is 0 Å². The first-order valence-corrected chi connectivity index (χ1v) is 23.2. The average molecular weight is 833 g/mol. The van der Waals surface area contributed by atoms with Gasteiger partial charge in [-0.1, -0.05) is 148 Å². The highest BCUT2D eigenvalue weighted by atomic mass is 15.2. The molecule has 0 aromatic heterocycles. The molecule has 0 radical (unpaired) electrons. The summed E-state index contributed by atoms with van der Waals surface area (Å²) in [6.45, 7) is 27.6. The lowest BCUT2D eigenvalue weighted by molar-refractivity contribution is 0.875. The molecule has 0 atom stereocenters. The molecule has 0 amide bonds. The molecular formula is C62H60N2. The van der Waals surface area contributed by atoms with E-state index >= 15 is 0 Å². The highest BCUT2D eigenvalue weighted by Crippen LogP contribution is 2.54. The largest absolute Gasteiger partial charge is 0.308 e. The first kappa shape index (κ1) is 41.4. The van der Waals surface area contributed by atoms with E-state index in [1.54, 1.807) is 0 Å². The molecule has 0 saturated heterocycles. The molecule has 0 aliphatic carbocycles. The molecule has 0 fully saturated rings. The second kappa shape index (κ2) is 15.6. The molecule has 0 aliphatic heterocycles. The molecule has 64 heavy (non-hydrogen) atoms. The Kier molecular flexibility index (Phi) is 10.1. The van der Waals surface area contributed by atoms with E-state index in [2.05, 4.69) is 226 Å². The second-order valence-corrected chi connectivity index (χ2v) is 19.4. The van der Waals surface area contributed by atoms with Crippen LogP contribution in [0, 0.1) is 55.4 Å². The molecule has 0 aliphatic rings. The van der Waals surface area contributed by atoms with Crippen molar-refractivity contribution in [3.05, 3.63) is 189 Å². The van der Waals surface area contributed by atoms with Crippen LogP contribution in [0.25, 0.3) is 53.9 Å². The van der Waals surface area contributed by atoms with Crippen molar-refractivity contribution in [1.29, 1.82) is 0 Å². The molecule has 10 rings (SSSR count). The van der Waals surface area contributed by atoms with E-state index in [9.17, 15) is 0 Å². The van der Waals surface area contributed by atoms with E-state index in [1.165, 1.54) is 144 Å². The third-order valence-corrected chi connectivity index (χ3v) is 14.1. The van der Waals surface area contributed by atoms with E-state index in [0.29, 0.717) is 0 Å². The quantitative estimate of drug-likeness (QED) is 0.141. The summed E-state index contributed by atoms with van der Waals surface area (Å²) in [5, 5.41) is 12.9. The SMILES string of the molecule is Cc1ccc2ccc(C)c(N(c3c(C)cccc3C)c3cc(C(C)C)c4ccc5c(N(c6c(C)cccc6C)c6c(C)ccc7ccc(C)cc67)cc(C(C)C)c6ccc3c4c65)c2c1. The van der Waals surface area contributed by atoms with Crippen LogP contribution in [0.2, 0.25) is 0 Å². The number of aryl methyl sites for hydroxylation is 8. The smallest absolute Gasteiger partial charge is 0.0569 e. The van der Waals surface area contributed by atoms with Crippen LogP contribution >= 0.6 is 0 Å². The molecule has 0 bridgehead atoms. The van der Waals surface area contributed by atoms with Crippen molar-refractivity contribution in [3.8, 4) is 0 Å². The summed E-state index contributed by atoms with van der Waals surface area (Å²) in [6, 6.07) is 51.4. The fourth-order valence-corrected chi connectivity index (χ4v) is 11.0. The lowest BCUT2D eigenvalue weighted by atomic mass is 9.83. The maximum atomic E-state index is 2.63. The summed E-state index contributed by atoms with van der Waals surface area (Å²) < 4.78 is 0. The minimum atomic E-state index is 0.288. The van der Waals surface area contributed by atoms with E-state index in [-0.39, 0.29) is 11.8 Å². The standard InChI is InChI=1S/C62H60N2/c1-35(2)51-33-55(63(59-39(7)15-13-16-40(59)8)61-43(11)21-25-45-23-19-37(5)31-53(45)61)49-30-28-48-52(36(3)4)34-56(50-29-27-47(51)57(49)58(48)50)64(60-41(9)17-14-18-42(60)10)62-44(12)22-26-46-24-20-38(6)32-54(46)62/h13-36H,1-12H3. The van der Waals surface area contributed by atoms with Crippen LogP contribution in [0.5, 0.6) is 0 Å². The van der Waals surface area contributed by atoms with Gasteiger partial charge in [0.25, 0.3) is 0 Å². The first-order chi connectivity index (χ1) is 30.7. The van der Waals surface area contributed by atoms with Crippen LogP contribution < -0.4 is 9.80 Å². The first-order valence-electron chi connectivity index (χ1n) is 23.2. The fraction of sp³-hybridized carbons (Fsp3) is 0.226. The van der Waals surface area contributed by atoms with Gasteiger partial charge < -0.3 is 9.80 Å². The maximum Gasteiger partial charge on any atom is 0.0569 e. The lowest BCUT2D eigenvalue weighted by Crippen LogP contribution is -2.17. The Morgan fingerprint density at radius 3 is 1.00 bits per heavy atom. The lowest BCUT2D eigenvalue weighted by Gasteiger charge is -2.35. The summed E-state index contributed by atoms with van der Waals surface area (Å²) in [5.74, 6) is 0.575. The summed E-state index contributed by atoms with van der Waals surface area (Å²) in [6.07, 6.45) is 0. The zero-order chi connectivity index (χ0) is 44.9. The van der Waals surface area contributed by atoms with Gasteiger partial charge in [-0.2, -0.15) is 0 Å². The number of hydrogen-bond donors (Lipinski definition) is 0. The van der Waals surface area contributed by atoms with Crippen LogP contribution in [0.3, 0.4) is 0 Å². The van der Waals surface area contributed by atoms with Gasteiger partial charge in [-0.05, 0) is 168 Å². The van der Waals surface area contributed by atoms with Crippen LogP contribution in [-0.4, -0.2) is 0 Å². The summed E-state index contributed by atoms with van der Waals surface area (Å²) in [5.41, 5.74) is 20.2. The third kappa shape index (κ3) is 6.44. The zero-order valence-electron chi connectivity index (χ0n) is 39.8. The third-order valence-electron chi connectivity index (χ3n) is 14.1. The number of nitrogens with zero attached hydrogens (tertiary/aromatic N) is 2. The number of benzene rings is 10. The fourth-order valence-electron chi connectivity index (χ4n) is 11.0. The minimum Gasteiger partial charge on any atom is -0.308 e. The molecule has 10 aromatic rings. The van der Waals surface area contributed by atoms with Crippen LogP contribution in [-0.2, 0) is 0 Å². The van der Waals surface area contributed by atoms with Crippen molar-refractivity contribution in [3.63, 3.8) is 0 Å². The summed E-state index contributed by atoms with van der Waals surface area (Å²) in [7, 11) is 0. The van der Waals surface area contributed by atoms with Crippen LogP contribution in [0.1, 0.15) is 95.2 Å². The number of anilines is 6. The van der Waals surface area contributed by atoms with Gasteiger partial charge in [-0.15, -0.1) is 0 Å². The Bertz CT molecular complexity index is 3210. The van der Waals surface area contributed by atoms with Gasteiger partial charge in [0.1, 0.15) is 0 Å². The number of hydrogen-bond acceptors (Lipinski definition) is 2. The summed E-state index contributed by atoms with van der Waals surface area (Å²) in [4.78, 5) is 5.27. The van der Waals surface area contributed by atoms with Crippen molar-refractivity contribution in [2.45, 2.75) is 94.9 Å². The van der Waals surface area contributed by atoms with Crippen molar-refractivity contribution in [2.24, 2.45) is 0 Å². The van der Waals surface area contributed by atoms with E-state index in [1.807, 2.05) is 0 Å². The maximum absolute atomic E-state index is 2.63. The predicted octanol–water partition coefficient (Wildman–Crippen LogP) is 18.5. The number of fused-ring (bicyclic) bond motifs is 2. The highest BCUT2D eigenvalue weighted by Gasteiger charge is 2.29. The molecule has 318 valence electrons. The Labute approximate surface area is 380 Å². The van der Waals surface area contributed by atoms with Crippen molar-refractivity contribution in [2.75, 3.05) is 9.80 Å². The van der Waals surface area contributed by atoms with Crippen LogP contribution in [0.15, 0.2) is 133 Å². The number of para-hydroxylation sites is 2. The van der Waals surface area contributed by atoms with Gasteiger partial charge in [-0.3, -0.25) is 0 Å². The zero-order valence-corrected chi connectivity index (χ0v) is 39.8. The summed E-state index contributed by atoms with van der Waals surface area (Å²) >= 11 is 0. The molecule has 0 unspecified atom stereocenters. The Hall–Kier alpha value is -6.64. The van der Waals surface area contributed by atoms with E-state index in [0.717, 1.165) is 0 Å². The van der Waals surface area contributed by atoms with Gasteiger partial charge in [0.15, 0.2) is 0 Å². The van der Waals surface area contributed by atoms with Gasteiger partial charge in [0, 0.05) is 21.5 Å². The van der Waals surface area contributed by atoms with E-state index < -0.39 is 0 Å². The monoisotopic (exact) mass is 832 g/mol. The second-order valence-electron chi connectivity index (χ2n) is 19.4. The Morgan fingerprint density at radius 2 is 0.641 bits per heavy atom. The average Bonchev–Trinajstić information content (AvgIpc) is 3.26. The van der Waals surface area contributed by atoms with Gasteiger partial charge >= 0.3 is 0 Å². The Balaban J connectivity index is 1.41. The van der Waals surface area contributed by atoms with Gasteiger partial charge in [0.05, 0.1) is 34.1 Å². The Morgan fingerprint density at radius 1 is 0.312 bits per heavy atom. The van der Waals surface area contributed by atoms with Gasteiger partial charge in [0.2, 0.25) is 0 Å². The van der Waals surface area contributed by atoms with Crippen LogP contribution in [0.4, 0.5) is 34.1 Å². The van der Waals surface area contributed by atoms with Crippen molar-refractivity contribution >= 4 is 88.0 Å². The molecule has 10 aromatic carbocycles. The predicted molar refractivity (Wildman–Crippen MR) is 281 cm³/mol. The molecule has 2 nitrogen and oxygen atoms in total. The topological polar surface area (TPSA) is 6.48 Å². The highest BCUT2D eigenvalue weighted by molar-refractivity contribution is 6.30.